The molecule has 4 aromatic rings. The van der Waals surface area contributed by atoms with Gasteiger partial charge in [-0.25, -0.2) is 0 Å². The van der Waals surface area contributed by atoms with Crippen LogP contribution in [-0.2, 0) is 5.41 Å². The molecule has 4 aromatic carbocycles. The summed E-state index contributed by atoms with van der Waals surface area (Å²) in [5.74, 6) is 0.157. The monoisotopic (exact) mass is 634 g/mol. The lowest BCUT2D eigenvalue weighted by Gasteiger charge is -2.38. The van der Waals surface area contributed by atoms with Crippen LogP contribution >= 0.6 is 0 Å². The van der Waals surface area contributed by atoms with E-state index in [0.717, 1.165) is 24.3 Å². The van der Waals surface area contributed by atoms with E-state index in [4.69, 9.17) is 9.47 Å². The molecule has 0 heterocycles. The third kappa shape index (κ3) is 6.12. The minimum Gasteiger partial charge on any atom is -0.457 e. The second-order valence-electron chi connectivity index (χ2n) is 10.3. The van der Waals surface area contributed by atoms with E-state index in [0.29, 0.717) is 46.5 Å². The van der Waals surface area contributed by atoms with Crippen molar-refractivity contribution in [3.63, 3.8) is 0 Å². The molecule has 14 heteroatoms. The Balaban J connectivity index is 1.73. The summed E-state index contributed by atoms with van der Waals surface area (Å²) in [6.45, 7) is 6.05. The van der Waals surface area contributed by atoms with Crippen LogP contribution in [0.25, 0.3) is 0 Å². The zero-order chi connectivity index (χ0) is 33.5. The van der Waals surface area contributed by atoms with E-state index in [1.54, 1.807) is 0 Å². The summed E-state index contributed by atoms with van der Waals surface area (Å²) in [5.41, 5.74) is -5.73. The van der Waals surface area contributed by atoms with Crippen LogP contribution in [0.4, 0.5) is 37.7 Å². The molecule has 236 valence electrons. The van der Waals surface area contributed by atoms with Gasteiger partial charge in [-0.15, -0.1) is 0 Å². The Morgan fingerprint density at radius 2 is 0.800 bits per heavy atom. The second-order valence-corrected chi connectivity index (χ2v) is 10.3. The largest absolute Gasteiger partial charge is 0.457 e. The number of ether oxygens (including phenoxy) is 2. The van der Waals surface area contributed by atoms with Crippen molar-refractivity contribution in [2.24, 2.45) is 0 Å². The van der Waals surface area contributed by atoms with Crippen LogP contribution in [0.2, 0.25) is 0 Å². The van der Waals surface area contributed by atoms with Gasteiger partial charge in [0.05, 0.1) is 9.85 Å². The van der Waals surface area contributed by atoms with E-state index >= 15 is 0 Å². The van der Waals surface area contributed by atoms with Crippen molar-refractivity contribution in [2.75, 3.05) is 0 Å². The van der Waals surface area contributed by atoms with Gasteiger partial charge in [0.15, 0.2) is 0 Å². The number of rotatable bonds is 8. The molecule has 0 fully saturated rings. The first-order chi connectivity index (χ1) is 20.9. The Morgan fingerprint density at radius 1 is 0.533 bits per heavy atom. The molecular weight excluding hydrogens is 610 g/mol. The summed E-state index contributed by atoms with van der Waals surface area (Å²) in [6.07, 6.45) is -11.7. The molecule has 0 aliphatic rings. The zero-order valence-electron chi connectivity index (χ0n) is 24.0. The minimum absolute atomic E-state index is 0.0883. The molecule has 0 amide bonds. The van der Waals surface area contributed by atoms with Crippen molar-refractivity contribution in [3.8, 4) is 23.0 Å². The number of halogens is 6. The highest BCUT2D eigenvalue weighted by Gasteiger charge is 2.72. The molecular formula is C31H24F6N2O6. The lowest BCUT2D eigenvalue weighted by molar-refractivity contribution is -0.385. The number of aryl methyl sites for hydroxylation is 4. The predicted molar refractivity (Wildman–Crippen MR) is 151 cm³/mol. The van der Waals surface area contributed by atoms with Gasteiger partial charge >= 0.3 is 12.4 Å². The molecule has 0 saturated carbocycles. The van der Waals surface area contributed by atoms with Gasteiger partial charge in [-0.05, 0) is 85.3 Å². The number of hydrogen-bond acceptors (Lipinski definition) is 6. The van der Waals surface area contributed by atoms with Crippen LogP contribution in [-0.4, -0.2) is 22.2 Å². The van der Waals surface area contributed by atoms with Gasteiger partial charge in [0.25, 0.3) is 11.4 Å². The van der Waals surface area contributed by atoms with Gasteiger partial charge in [0.2, 0.25) is 5.41 Å². The molecule has 0 aliphatic heterocycles. The van der Waals surface area contributed by atoms with E-state index in [2.05, 4.69) is 0 Å². The molecule has 0 atom stereocenters. The van der Waals surface area contributed by atoms with E-state index in [1.165, 1.54) is 52.0 Å². The lowest BCUT2D eigenvalue weighted by atomic mass is 9.73. The Morgan fingerprint density at radius 3 is 1.02 bits per heavy atom. The highest BCUT2D eigenvalue weighted by atomic mass is 19.4. The average Bonchev–Trinajstić information content (AvgIpc) is 2.92. The number of nitro groups is 2. The Bertz CT molecular complexity index is 1590. The molecule has 0 saturated heterocycles. The second kappa shape index (κ2) is 11.7. The fraction of sp³-hybridized carbons (Fsp3) is 0.226. The first kappa shape index (κ1) is 32.8. The molecule has 0 N–H and O–H groups in total. The van der Waals surface area contributed by atoms with Crippen molar-refractivity contribution in [2.45, 2.75) is 45.5 Å². The average molecular weight is 635 g/mol. The quantitative estimate of drug-likeness (QED) is 0.109. The number of alkyl halides is 6. The van der Waals surface area contributed by atoms with Crippen LogP contribution in [0, 0.1) is 47.9 Å². The van der Waals surface area contributed by atoms with Crippen molar-refractivity contribution < 1.29 is 45.7 Å². The van der Waals surface area contributed by atoms with Gasteiger partial charge in [-0.2, -0.15) is 26.3 Å². The molecule has 0 unspecified atom stereocenters. The smallest absolute Gasteiger partial charge is 0.411 e. The summed E-state index contributed by atoms with van der Waals surface area (Å²) >= 11 is 0. The van der Waals surface area contributed by atoms with Crippen LogP contribution in [0.1, 0.15) is 33.4 Å². The van der Waals surface area contributed by atoms with E-state index in [-0.39, 0.29) is 34.4 Å². The van der Waals surface area contributed by atoms with Crippen LogP contribution < -0.4 is 9.47 Å². The Hall–Kier alpha value is -5.14. The third-order valence-electron chi connectivity index (χ3n) is 7.18. The van der Waals surface area contributed by atoms with Gasteiger partial charge < -0.3 is 9.47 Å². The maximum atomic E-state index is 14.7. The molecule has 45 heavy (non-hydrogen) atoms. The van der Waals surface area contributed by atoms with Gasteiger partial charge in [0.1, 0.15) is 23.0 Å². The predicted octanol–water partition coefficient (Wildman–Crippen LogP) is 9.73. The summed E-state index contributed by atoms with van der Waals surface area (Å²) in [5, 5.41) is 22.2. The number of nitro benzene ring substituents is 2. The van der Waals surface area contributed by atoms with Crippen molar-refractivity contribution >= 4 is 11.4 Å². The number of hydrogen-bond donors (Lipinski definition) is 0. The summed E-state index contributed by atoms with van der Waals surface area (Å²) in [6, 6.07) is 11.4. The maximum Gasteiger partial charge on any atom is 0.411 e. The minimum atomic E-state index is -5.84. The summed E-state index contributed by atoms with van der Waals surface area (Å²) < 4.78 is 99.4. The van der Waals surface area contributed by atoms with E-state index in [1.807, 2.05) is 0 Å². The summed E-state index contributed by atoms with van der Waals surface area (Å²) in [4.78, 5) is 21.0. The third-order valence-corrected chi connectivity index (χ3v) is 7.18. The van der Waals surface area contributed by atoms with E-state index < -0.39 is 38.7 Å². The number of benzene rings is 4. The normalized spacial score (nSPS) is 12.1. The first-order valence-corrected chi connectivity index (χ1v) is 13.1. The van der Waals surface area contributed by atoms with Crippen LogP contribution in [0.3, 0.4) is 0 Å². The van der Waals surface area contributed by atoms with Crippen molar-refractivity contribution in [3.05, 3.63) is 126 Å². The first-order valence-electron chi connectivity index (χ1n) is 13.1. The highest BCUT2D eigenvalue weighted by molar-refractivity contribution is 5.53. The van der Waals surface area contributed by atoms with Crippen LogP contribution in [0.5, 0.6) is 23.0 Å². The number of non-ortho nitro benzene ring substituents is 2. The van der Waals surface area contributed by atoms with Gasteiger partial charge in [-0.1, -0.05) is 24.3 Å². The number of nitrogens with zero attached hydrogens (tertiary/aromatic N) is 2. The fourth-order valence-electron chi connectivity index (χ4n) is 5.15. The highest BCUT2D eigenvalue weighted by Crippen LogP contribution is 2.56. The Kier molecular flexibility index (Phi) is 8.55. The summed E-state index contributed by atoms with van der Waals surface area (Å²) in [7, 11) is 0. The molecule has 8 nitrogen and oxygen atoms in total. The fourth-order valence-corrected chi connectivity index (χ4v) is 5.15. The molecule has 0 radical (unpaired) electrons. The SMILES string of the molecule is Cc1cc([N+](=O)[O-])cc(C)c1Oc1ccc(C(c2ccc(Oc3c(C)cc([N+](=O)[O-])cc3C)cc2)(C(F)(F)F)C(F)(F)F)cc1. The van der Waals surface area contributed by atoms with Gasteiger partial charge in [-0.3, -0.25) is 20.2 Å². The van der Waals surface area contributed by atoms with Crippen molar-refractivity contribution in [1.82, 2.24) is 0 Å². The van der Waals surface area contributed by atoms with Crippen molar-refractivity contribution in [1.29, 1.82) is 0 Å². The van der Waals surface area contributed by atoms with Gasteiger partial charge in [0, 0.05) is 24.3 Å². The molecule has 4 rings (SSSR count). The maximum absolute atomic E-state index is 14.7. The standard InChI is InChI=1S/C31H24F6N2O6/c1-17-13-23(38(40)41)14-18(2)27(17)44-25-9-5-21(6-10-25)29(30(32,33)34,31(35,36)37)22-7-11-26(12-8-22)45-28-19(3)15-24(39(42)43)16-20(28)4/h5-16H,1-4H3. The Labute approximate surface area is 252 Å². The molecule has 0 spiro atoms. The topological polar surface area (TPSA) is 105 Å². The molecule has 0 aliphatic carbocycles. The van der Waals surface area contributed by atoms with Crippen LogP contribution in [0.15, 0.2) is 72.8 Å². The zero-order valence-corrected chi connectivity index (χ0v) is 24.0. The molecule has 0 aromatic heterocycles. The molecule has 0 bridgehead atoms. The van der Waals surface area contributed by atoms with E-state index in [9.17, 15) is 46.6 Å². The lowest BCUT2D eigenvalue weighted by Crippen LogP contribution is -2.54.